The van der Waals surface area contributed by atoms with Crippen molar-refractivity contribution in [1.82, 2.24) is 0 Å². The number of methoxy groups -OCH3 is 1. The van der Waals surface area contributed by atoms with E-state index >= 15 is 0 Å². The van der Waals surface area contributed by atoms with E-state index in [1.165, 1.54) is 0 Å². The van der Waals surface area contributed by atoms with Gasteiger partial charge in [0.1, 0.15) is 36.1 Å². The molecule has 202 valence electrons. The zero-order valence-electron chi connectivity index (χ0n) is 23.6. The molecule has 0 N–H and O–H groups in total. The average Bonchev–Trinajstić information content (AvgIpc) is 3.32. The highest BCUT2D eigenvalue weighted by atomic mass is 16.6. The maximum Gasteiger partial charge on any atom is 0.313 e. The molecule has 0 spiro atoms. The highest BCUT2D eigenvalue weighted by Crippen LogP contribution is 2.45. The number of rotatable bonds is 8. The summed E-state index contributed by atoms with van der Waals surface area (Å²) in [6.45, 7) is 10.8. The molecule has 2 atom stereocenters. The summed E-state index contributed by atoms with van der Waals surface area (Å²) in [5.41, 5.74) is 5.75. The Morgan fingerprint density at radius 1 is 0.949 bits per heavy atom. The number of fused-ring (bicyclic) bond motifs is 2. The molecule has 0 aromatic heterocycles. The van der Waals surface area contributed by atoms with Gasteiger partial charge in [-0.1, -0.05) is 54.6 Å². The van der Waals surface area contributed by atoms with Gasteiger partial charge in [-0.05, 0) is 85.3 Å². The Hall–Kier alpha value is -3.99. The van der Waals surface area contributed by atoms with Crippen molar-refractivity contribution in [2.45, 2.75) is 59.2 Å². The predicted octanol–water partition coefficient (Wildman–Crippen LogP) is 7.39. The van der Waals surface area contributed by atoms with Crippen LogP contribution in [-0.4, -0.2) is 25.3 Å². The first-order valence-electron chi connectivity index (χ1n) is 13.4. The monoisotopic (exact) mass is 524 g/mol. The molecule has 1 heterocycles. The van der Waals surface area contributed by atoms with Gasteiger partial charge in [-0.15, -0.1) is 0 Å². The number of hydrogen-bond donors (Lipinski definition) is 0. The molecule has 5 rings (SSSR count). The maximum absolute atomic E-state index is 13.1. The van der Waals surface area contributed by atoms with Crippen LogP contribution in [-0.2, 0) is 22.6 Å². The summed E-state index contributed by atoms with van der Waals surface area (Å²) in [5.74, 6) is 1.94. The van der Waals surface area contributed by atoms with E-state index in [1.807, 2.05) is 68.4 Å². The minimum absolute atomic E-state index is 0.174. The fraction of sp³-hybridized carbons (Fsp3) is 0.324. The number of esters is 1. The molecule has 4 aromatic rings. The quantitative estimate of drug-likeness (QED) is 0.225. The normalized spacial score (nSPS) is 16.9. The number of carbonyl (C=O) groups excluding carboxylic acids is 1. The summed E-state index contributed by atoms with van der Waals surface area (Å²) < 4.78 is 23.9. The molecule has 4 aromatic carbocycles. The van der Waals surface area contributed by atoms with Crippen molar-refractivity contribution in [2.75, 3.05) is 13.7 Å². The van der Waals surface area contributed by atoms with Gasteiger partial charge in [0.2, 0.25) is 0 Å². The second-order valence-corrected chi connectivity index (χ2v) is 10.8. The molecule has 0 saturated carbocycles. The Morgan fingerprint density at radius 2 is 1.67 bits per heavy atom. The molecule has 0 amide bonds. The topological polar surface area (TPSA) is 54.0 Å². The van der Waals surface area contributed by atoms with Gasteiger partial charge >= 0.3 is 5.97 Å². The van der Waals surface area contributed by atoms with Crippen LogP contribution in [0.3, 0.4) is 0 Å². The van der Waals surface area contributed by atoms with Crippen molar-refractivity contribution < 1.29 is 23.7 Å². The van der Waals surface area contributed by atoms with Crippen LogP contribution in [0.4, 0.5) is 0 Å². The third kappa shape index (κ3) is 5.31. The average molecular weight is 525 g/mol. The molecule has 1 aliphatic heterocycles. The molecule has 0 bridgehead atoms. The number of benzene rings is 4. The third-order valence-electron chi connectivity index (χ3n) is 7.88. The van der Waals surface area contributed by atoms with E-state index in [2.05, 4.69) is 32.9 Å². The summed E-state index contributed by atoms with van der Waals surface area (Å²) in [5, 5.41) is 2.12. The lowest BCUT2D eigenvalue weighted by molar-refractivity contribution is -0.150. The van der Waals surface area contributed by atoms with E-state index in [1.54, 1.807) is 7.11 Å². The molecule has 0 aliphatic carbocycles. The first-order chi connectivity index (χ1) is 18.7. The second-order valence-electron chi connectivity index (χ2n) is 10.8. The molecule has 0 radical (unpaired) electrons. The summed E-state index contributed by atoms with van der Waals surface area (Å²) in [6, 6.07) is 22.1. The maximum atomic E-state index is 13.1. The molecular weight excluding hydrogens is 488 g/mol. The summed E-state index contributed by atoms with van der Waals surface area (Å²) in [7, 11) is 1.66. The van der Waals surface area contributed by atoms with Crippen LogP contribution < -0.4 is 14.2 Å². The Kier molecular flexibility index (Phi) is 7.26. The standard InChI is InChI=1S/C34H36O5/c1-21-22(2)32-30(24(4)31(21)37-19-25-10-8-7-9-11-25)18-34(5,39-32)20-38-33(35)23(3)26-12-13-28-17-29(36-6)15-14-27(28)16-26/h7-17,23H,18-20H2,1-6H3/t23-,34?/m0/s1. The van der Waals surface area contributed by atoms with Crippen LogP contribution in [0.15, 0.2) is 66.7 Å². The van der Waals surface area contributed by atoms with E-state index in [0.29, 0.717) is 13.0 Å². The van der Waals surface area contributed by atoms with Crippen LogP contribution in [0.5, 0.6) is 17.2 Å². The van der Waals surface area contributed by atoms with Gasteiger partial charge in [0.05, 0.1) is 13.0 Å². The van der Waals surface area contributed by atoms with Crippen LogP contribution >= 0.6 is 0 Å². The van der Waals surface area contributed by atoms with Crippen molar-refractivity contribution in [1.29, 1.82) is 0 Å². The molecule has 0 saturated heterocycles. The lowest BCUT2D eigenvalue weighted by atomic mass is 9.92. The van der Waals surface area contributed by atoms with Gasteiger partial charge in [-0.3, -0.25) is 4.79 Å². The Labute approximate surface area is 230 Å². The van der Waals surface area contributed by atoms with Gasteiger partial charge in [-0.2, -0.15) is 0 Å². The van der Waals surface area contributed by atoms with E-state index in [-0.39, 0.29) is 12.6 Å². The van der Waals surface area contributed by atoms with E-state index in [9.17, 15) is 4.79 Å². The van der Waals surface area contributed by atoms with Gasteiger partial charge < -0.3 is 18.9 Å². The molecule has 5 nitrogen and oxygen atoms in total. The third-order valence-corrected chi connectivity index (χ3v) is 7.88. The zero-order chi connectivity index (χ0) is 27.7. The van der Waals surface area contributed by atoms with E-state index < -0.39 is 11.5 Å². The lowest BCUT2D eigenvalue weighted by Crippen LogP contribution is -2.37. The highest BCUT2D eigenvalue weighted by molar-refractivity contribution is 5.86. The van der Waals surface area contributed by atoms with Crippen LogP contribution in [0, 0.1) is 20.8 Å². The molecular formula is C34H36O5. The van der Waals surface area contributed by atoms with Crippen molar-refractivity contribution in [3.05, 3.63) is 100 Å². The van der Waals surface area contributed by atoms with Crippen LogP contribution in [0.1, 0.15) is 53.1 Å². The second kappa shape index (κ2) is 10.6. The van der Waals surface area contributed by atoms with Gasteiger partial charge in [-0.25, -0.2) is 0 Å². The Morgan fingerprint density at radius 3 is 2.41 bits per heavy atom. The lowest BCUT2D eigenvalue weighted by Gasteiger charge is -2.25. The van der Waals surface area contributed by atoms with Gasteiger partial charge in [0.25, 0.3) is 0 Å². The largest absolute Gasteiger partial charge is 0.497 e. The molecule has 0 fully saturated rings. The van der Waals surface area contributed by atoms with Crippen molar-refractivity contribution in [3.63, 3.8) is 0 Å². The molecule has 1 unspecified atom stereocenters. The fourth-order valence-corrected chi connectivity index (χ4v) is 5.31. The first kappa shape index (κ1) is 26.6. The smallest absolute Gasteiger partial charge is 0.313 e. The number of carbonyl (C=O) groups is 1. The van der Waals surface area contributed by atoms with Gasteiger partial charge in [0, 0.05) is 12.0 Å². The number of hydrogen-bond acceptors (Lipinski definition) is 5. The summed E-state index contributed by atoms with van der Waals surface area (Å²) in [6.07, 6.45) is 0.649. The van der Waals surface area contributed by atoms with Crippen LogP contribution in [0.2, 0.25) is 0 Å². The summed E-state index contributed by atoms with van der Waals surface area (Å²) in [4.78, 5) is 13.1. The highest BCUT2D eigenvalue weighted by Gasteiger charge is 2.40. The Bertz CT molecular complexity index is 1520. The van der Waals surface area contributed by atoms with Crippen molar-refractivity contribution in [2.24, 2.45) is 0 Å². The zero-order valence-corrected chi connectivity index (χ0v) is 23.6. The Balaban J connectivity index is 1.27. The number of ether oxygens (including phenoxy) is 4. The van der Waals surface area contributed by atoms with E-state index in [0.717, 1.165) is 61.4 Å². The summed E-state index contributed by atoms with van der Waals surface area (Å²) >= 11 is 0. The van der Waals surface area contributed by atoms with E-state index in [4.69, 9.17) is 18.9 Å². The minimum atomic E-state index is -0.641. The molecule has 1 aliphatic rings. The van der Waals surface area contributed by atoms with Gasteiger partial charge in [0.15, 0.2) is 0 Å². The minimum Gasteiger partial charge on any atom is -0.497 e. The van der Waals surface area contributed by atoms with Crippen molar-refractivity contribution >= 4 is 16.7 Å². The van der Waals surface area contributed by atoms with Crippen molar-refractivity contribution in [3.8, 4) is 17.2 Å². The first-order valence-corrected chi connectivity index (χ1v) is 13.4. The fourth-order valence-electron chi connectivity index (χ4n) is 5.31. The molecule has 39 heavy (non-hydrogen) atoms. The predicted molar refractivity (Wildman–Crippen MR) is 154 cm³/mol. The SMILES string of the molecule is COc1ccc2cc([C@H](C)C(=O)OCC3(C)Cc4c(C)c(OCc5ccccc5)c(C)c(C)c4O3)ccc2c1. The molecule has 5 heteroatoms. The van der Waals surface area contributed by atoms with Crippen LogP contribution in [0.25, 0.3) is 10.8 Å².